The van der Waals surface area contributed by atoms with E-state index in [1.807, 2.05) is 18.2 Å². The summed E-state index contributed by atoms with van der Waals surface area (Å²) in [6.45, 7) is 0. The van der Waals surface area contributed by atoms with E-state index in [1.165, 1.54) is 6.07 Å². The van der Waals surface area contributed by atoms with Crippen LogP contribution in [-0.2, 0) is 6.42 Å². The molecular formula is C19H12Cl2N2O3. The van der Waals surface area contributed by atoms with Crippen LogP contribution in [0.4, 0.5) is 0 Å². The molecule has 0 fully saturated rings. The number of hydrogen-bond acceptors (Lipinski definition) is 4. The molecule has 4 aromatic rings. The minimum Gasteiger partial charge on any atom is -0.460 e. The molecule has 0 aliphatic heterocycles. The van der Waals surface area contributed by atoms with Gasteiger partial charge in [0.05, 0.1) is 12.0 Å². The van der Waals surface area contributed by atoms with Crippen molar-refractivity contribution >= 4 is 34.2 Å². The first kappa shape index (κ1) is 16.7. The fraction of sp³-hybridized carbons (Fsp3) is 0.0526. The van der Waals surface area contributed by atoms with Gasteiger partial charge in [0.25, 0.3) is 5.56 Å². The van der Waals surface area contributed by atoms with Gasteiger partial charge in [0.15, 0.2) is 11.3 Å². The number of aromatic nitrogens is 2. The first-order valence-electron chi connectivity index (χ1n) is 7.75. The quantitative estimate of drug-likeness (QED) is 0.522. The Bertz CT molecular complexity index is 1110. The summed E-state index contributed by atoms with van der Waals surface area (Å²) in [5.74, 6) is 1.06. The third kappa shape index (κ3) is 3.59. The zero-order valence-electron chi connectivity index (χ0n) is 13.3. The van der Waals surface area contributed by atoms with Gasteiger partial charge in [-0.15, -0.1) is 0 Å². The van der Waals surface area contributed by atoms with E-state index in [1.54, 1.807) is 30.5 Å². The molecule has 2 aromatic carbocycles. The minimum absolute atomic E-state index is 0.235. The van der Waals surface area contributed by atoms with Gasteiger partial charge < -0.3 is 9.15 Å². The Kier molecular flexibility index (Phi) is 4.41. The van der Waals surface area contributed by atoms with Gasteiger partial charge >= 0.3 is 0 Å². The molecule has 0 saturated heterocycles. The van der Waals surface area contributed by atoms with Gasteiger partial charge in [-0.25, -0.2) is 5.10 Å². The predicted octanol–water partition coefficient (Wildman–Crippen LogP) is 5.21. The van der Waals surface area contributed by atoms with E-state index in [4.69, 9.17) is 32.4 Å². The van der Waals surface area contributed by atoms with Gasteiger partial charge in [0.2, 0.25) is 0 Å². The minimum atomic E-state index is -0.235. The maximum Gasteiger partial charge on any atom is 0.264 e. The molecule has 0 unspecified atom stereocenters. The maximum atomic E-state index is 11.2. The Balaban J connectivity index is 1.72. The van der Waals surface area contributed by atoms with Crippen LogP contribution in [0.25, 0.3) is 11.0 Å². The molecule has 1 N–H and O–H groups in total. The highest BCUT2D eigenvalue weighted by molar-refractivity contribution is 6.34. The van der Waals surface area contributed by atoms with Crippen molar-refractivity contribution in [1.29, 1.82) is 0 Å². The molecule has 26 heavy (non-hydrogen) atoms. The molecule has 7 heteroatoms. The molecule has 0 radical (unpaired) electrons. The number of halogens is 2. The number of aromatic amines is 1. The number of benzene rings is 2. The van der Waals surface area contributed by atoms with Crippen LogP contribution in [0.2, 0.25) is 10.0 Å². The van der Waals surface area contributed by atoms with E-state index in [9.17, 15) is 4.79 Å². The van der Waals surface area contributed by atoms with Gasteiger partial charge in [-0.05, 0) is 48.0 Å². The molecule has 0 amide bonds. The number of ether oxygens (including phenoxy) is 1. The van der Waals surface area contributed by atoms with Crippen LogP contribution in [0.15, 0.2) is 64.0 Å². The monoisotopic (exact) mass is 386 g/mol. The molecule has 0 aliphatic carbocycles. The first-order chi connectivity index (χ1) is 12.6. The van der Waals surface area contributed by atoms with E-state index in [0.717, 1.165) is 16.6 Å². The van der Waals surface area contributed by atoms with E-state index in [-0.39, 0.29) is 5.56 Å². The van der Waals surface area contributed by atoms with Gasteiger partial charge in [0, 0.05) is 27.9 Å². The van der Waals surface area contributed by atoms with Crippen molar-refractivity contribution in [2.24, 2.45) is 0 Å². The Morgan fingerprint density at radius 3 is 2.58 bits per heavy atom. The van der Waals surface area contributed by atoms with Crippen LogP contribution in [0, 0.1) is 0 Å². The lowest BCUT2D eigenvalue weighted by Gasteiger charge is -2.10. The normalized spacial score (nSPS) is 11.0. The van der Waals surface area contributed by atoms with E-state index in [2.05, 4.69) is 10.2 Å². The number of fused-ring (bicyclic) bond motifs is 1. The summed E-state index contributed by atoms with van der Waals surface area (Å²) >= 11 is 12.1. The van der Waals surface area contributed by atoms with Crippen LogP contribution in [-0.4, -0.2) is 10.2 Å². The highest BCUT2D eigenvalue weighted by atomic mass is 35.5. The number of hydrogen-bond donors (Lipinski definition) is 1. The summed E-state index contributed by atoms with van der Waals surface area (Å²) in [6, 6.07) is 13.8. The van der Waals surface area contributed by atoms with Crippen molar-refractivity contribution in [3.63, 3.8) is 0 Å². The Morgan fingerprint density at radius 2 is 1.85 bits per heavy atom. The molecule has 0 saturated carbocycles. The zero-order valence-corrected chi connectivity index (χ0v) is 14.8. The third-order valence-corrected chi connectivity index (χ3v) is 4.20. The fourth-order valence-electron chi connectivity index (χ4n) is 2.68. The highest BCUT2D eigenvalue weighted by Gasteiger charge is 2.11. The van der Waals surface area contributed by atoms with Crippen molar-refractivity contribution in [2.75, 3.05) is 0 Å². The number of nitrogens with one attached hydrogen (secondary N) is 1. The molecule has 0 atom stereocenters. The summed E-state index contributed by atoms with van der Waals surface area (Å²) in [4.78, 5) is 11.2. The van der Waals surface area contributed by atoms with Crippen LogP contribution in [0.3, 0.4) is 0 Å². The largest absolute Gasteiger partial charge is 0.460 e. The van der Waals surface area contributed by atoms with E-state index < -0.39 is 0 Å². The van der Waals surface area contributed by atoms with Gasteiger partial charge in [0.1, 0.15) is 5.75 Å². The second-order valence-electron chi connectivity index (χ2n) is 5.73. The van der Waals surface area contributed by atoms with Crippen LogP contribution < -0.4 is 10.3 Å². The zero-order chi connectivity index (χ0) is 18.1. The highest BCUT2D eigenvalue weighted by Crippen LogP contribution is 2.34. The van der Waals surface area contributed by atoms with Crippen molar-refractivity contribution in [3.8, 4) is 11.5 Å². The van der Waals surface area contributed by atoms with Crippen molar-refractivity contribution in [1.82, 2.24) is 10.2 Å². The SMILES string of the molecule is O=c1ccc(Cc2cc(Oc3cc(Cl)cc(Cl)c3)c3occc3c2)n[nH]1. The molecule has 0 spiro atoms. The molecule has 0 bridgehead atoms. The Hall–Kier alpha value is -2.76. The van der Waals surface area contributed by atoms with Crippen LogP contribution in [0.5, 0.6) is 11.5 Å². The maximum absolute atomic E-state index is 11.2. The topological polar surface area (TPSA) is 68.1 Å². The molecule has 5 nitrogen and oxygen atoms in total. The summed E-state index contributed by atoms with van der Waals surface area (Å²) < 4.78 is 11.5. The number of rotatable bonds is 4. The van der Waals surface area contributed by atoms with Crippen molar-refractivity contribution < 1.29 is 9.15 Å². The fourth-order valence-corrected chi connectivity index (χ4v) is 3.19. The van der Waals surface area contributed by atoms with E-state index in [0.29, 0.717) is 33.5 Å². The smallest absolute Gasteiger partial charge is 0.264 e. The molecule has 0 aliphatic rings. The second-order valence-corrected chi connectivity index (χ2v) is 6.60. The average molecular weight is 387 g/mol. The Morgan fingerprint density at radius 1 is 1.04 bits per heavy atom. The number of furan rings is 1. The summed E-state index contributed by atoms with van der Waals surface area (Å²) in [5, 5.41) is 8.34. The lowest BCUT2D eigenvalue weighted by molar-refractivity contribution is 0.472. The van der Waals surface area contributed by atoms with Gasteiger partial charge in [-0.2, -0.15) is 5.10 Å². The second kappa shape index (κ2) is 6.86. The van der Waals surface area contributed by atoms with Gasteiger partial charge in [-0.1, -0.05) is 23.2 Å². The van der Waals surface area contributed by atoms with E-state index >= 15 is 0 Å². The number of H-pyrrole nitrogens is 1. The van der Waals surface area contributed by atoms with Crippen LogP contribution >= 0.6 is 23.2 Å². The third-order valence-electron chi connectivity index (χ3n) is 3.76. The molecular weight excluding hydrogens is 375 g/mol. The summed E-state index contributed by atoms with van der Waals surface area (Å²) in [6.07, 6.45) is 2.13. The van der Waals surface area contributed by atoms with Crippen molar-refractivity contribution in [2.45, 2.75) is 6.42 Å². The lowest BCUT2D eigenvalue weighted by Crippen LogP contribution is -2.07. The van der Waals surface area contributed by atoms with Gasteiger partial charge in [-0.3, -0.25) is 4.79 Å². The number of nitrogens with zero attached hydrogens (tertiary/aromatic N) is 1. The molecule has 4 rings (SSSR count). The molecule has 2 aromatic heterocycles. The molecule has 130 valence electrons. The summed E-state index contributed by atoms with van der Waals surface area (Å²) in [7, 11) is 0. The standard InChI is InChI=1S/C19H12Cl2N2O3/c20-13-8-14(21)10-16(9-13)26-17-7-11(5-12-3-4-25-19(12)17)6-15-1-2-18(24)23-22-15/h1-5,7-10H,6H2,(H,23,24). The van der Waals surface area contributed by atoms with Crippen LogP contribution in [0.1, 0.15) is 11.3 Å². The summed E-state index contributed by atoms with van der Waals surface area (Å²) in [5.41, 5.74) is 2.09. The lowest BCUT2D eigenvalue weighted by atomic mass is 10.1. The molecule has 2 heterocycles. The Labute approximate surface area is 158 Å². The van der Waals surface area contributed by atoms with Crippen molar-refractivity contribution in [3.05, 3.63) is 86.5 Å². The average Bonchev–Trinajstić information content (AvgIpc) is 3.05. The predicted molar refractivity (Wildman–Crippen MR) is 100 cm³/mol. The first-order valence-corrected chi connectivity index (χ1v) is 8.51.